The number of hydrogen-bond acceptors (Lipinski definition) is 20. The quantitative estimate of drug-likeness (QED) is 0.0117. The van der Waals surface area contributed by atoms with Crippen molar-refractivity contribution in [3.63, 3.8) is 0 Å². The fraction of sp³-hybridized carbons (Fsp3) is 0.727. The van der Waals surface area contributed by atoms with Crippen molar-refractivity contribution in [2.75, 3.05) is 38.5 Å². The number of aliphatic carboxylic acids is 2. The molecule has 0 spiro atoms. The van der Waals surface area contributed by atoms with Gasteiger partial charge in [-0.1, -0.05) is 41.5 Å². The Morgan fingerprint density at radius 2 is 0.868 bits per heavy atom. The molecule has 0 aliphatic heterocycles. The Labute approximate surface area is 541 Å². The van der Waals surface area contributed by atoms with Gasteiger partial charge in [0, 0.05) is 17.0 Å². The molecule has 0 saturated heterocycles. The minimum Gasteiger partial charge on any atom is -0.481 e. The van der Waals surface area contributed by atoms with Crippen LogP contribution in [0.15, 0.2) is 4.99 Å². The number of guanidine groups is 1. The standard InChI is InChI=1S/C55H100N18O16S2/c1-27(2)20-33(44(79)64-24-39(75)63-25-40(76)65-37(26-90)53(88)89)69-46(81)30(14-9-11-17-56)66-45(80)31(15-10-12-18-57)68-51(86)42(29(5)6)73-50(85)35(22-38(58)74)71-47(82)32(16-13-19-62-54(60)61)67-48(83)34(21-28(3)4)70-49(84)36(23-41(77)78)72-52(87)43(59)55(7,8)91/h27-37,42-43,90-91H,9-26,56-57,59H2,1-8H3,(H2,58,74)(H,63,75)(H,64,79)(H,65,76)(H,66,80)(H,67,83)(H,68,86)(H,69,81)(H,70,84)(H,71,82)(H,72,87)(H,73,85)(H,77,78)(H,88,89)(H4,60,61,62)/t30-,31-,32-,33-,34-,35-,36-,37-,42-,43+/m0/s1. The minimum atomic E-state index is -1.82. The molecule has 0 rings (SSSR count). The molecule has 12 amide bonds. The molecule has 0 heterocycles. The van der Waals surface area contributed by atoms with Crippen molar-refractivity contribution < 1.29 is 77.3 Å². The van der Waals surface area contributed by atoms with E-state index < -0.39 is 180 Å². The van der Waals surface area contributed by atoms with Crippen molar-refractivity contribution in [2.24, 2.45) is 57.1 Å². The summed E-state index contributed by atoms with van der Waals surface area (Å²) < 4.78 is -1.10. The first kappa shape index (κ1) is 83.4. The zero-order valence-corrected chi connectivity index (χ0v) is 54.9. The molecule has 0 aromatic rings. The second kappa shape index (κ2) is 43.2. The van der Waals surface area contributed by atoms with Gasteiger partial charge in [-0.3, -0.25) is 67.3 Å². The predicted octanol–water partition coefficient (Wildman–Crippen LogP) is -5.96. The number of carbonyl (C=O) groups excluding carboxylic acids is 12. The first-order valence-electron chi connectivity index (χ1n) is 29.9. The third-order valence-electron chi connectivity index (χ3n) is 13.4. The number of nitrogens with two attached hydrogens (primary N) is 6. The molecule has 0 saturated carbocycles. The fourth-order valence-corrected chi connectivity index (χ4v) is 8.82. The monoisotopic (exact) mass is 1330 g/mol. The van der Waals surface area contributed by atoms with Gasteiger partial charge in [0.1, 0.15) is 54.4 Å². The first-order chi connectivity index (χ1) is 42.4. The lowest BCUT2D eigenvalue weighted by atomic mass is 10.00. The maximum atomic E-state index is 14.3. The summed E-state index contributed by atoms with van der Waals surface area (Å²) >= 11 is 8.15. The van der Waals surface area contributed by atoms with Gasteiger partial charge in [0.2, 0.25) is 70.9 Å². The predicted molar refractivity (Wildman–Crippen MR) is 341 cm³/mol. The van der Waals surface area contributed by atoms with E-state index in [0.717, 1.165) is 0 Å². The smallest absolute Gasteiger partial charge is 0.327 e. The highest BCUT2D eigenvalue weighted by Gasteiger charge is 2.38. The Morgan fingerprint density at radius 1 is 0.473 bits per heavy atom. The Kier molecular flexibility index (Phi) is 39.6. The third-order valence-corrected chi connectivity index (χ3v) is 14.1. The molecule has 25 N–H and O–H groups in total. The van der Waals surface area contributed by atoms with Gasteiger partial charge in [0.05, 0.1) is 32.0 Å². The lowest BCUT2D eigenvalue weighted by molar-refractivity contribution is -0.141. The minimum absolute atomic E-state index is 0.00409. The molecule has 10 atom stereocenters. The Hall–Kier alpha value is -7.57. The first-order valence-corrected chi connectivity index (χ1v) is 31.0. The average molecular weight is 1330 g/mol. The maximum Gasteiger partial charge on any atom is 0.327 e. The normalized spacial score (nSPS) is 14.6. The summed E-state index contributed by atoms with van der Waals surface area (Å²) in [7, 11) is 0. The molecule has 0 unspecified atom stereocenters. The van der Waals surface area contributed by atoms with Crippen molar-refractivity contribution >= 4 is 114 Å². The van der Waals surface area contributed by atoms with Gasteiger partial charge in [-0.05, 0) is 109 Å². The van der Waals surface area contributed by atoms with Crippen LogP contribution < -0.4 is 92.9 Å². The van der Waals surface area contributed by atoms with Gasteiger partial charge < -0.3 is 103 Å². The summed E-state index contributed by atoms with van der Waals surface area (Å²) in [6.07, 6.45) is -0.644. The molecule has 34 nitrogen and oxygen atoms in total. The molecule has 0 aromatic heterocycles. The van der Waals surface area contributed by atoms with Crippen molar-refractivity contribution in [3.8, 4) is 0 Å². The molecule has 0 aromatic carbocycles. The second-order valence-electron chi connectivity index (χ2n) is 23.5. The summed E-state index contributed by atoms with van der Waals surface area (Å²) in [5, 5.41) is 45.7. The lowest BCUT2D eigenvalue weighted by Crippen LogP contribution is -2.61. The van der Waals surface area contributed by atoms with Crippen molar-refractivity contribution in [1.82, 2.24) is 58.5 Å². The molecule has 0 fully saturated rings. The van der Waals surface area contributed by atoms with E-state index in [4.69, 9.17) is 39.5 Å². The highest BCUT2D eigenvalue weighted by atomic mass is 32.1. The van der Waals surface area contributed by atoms with Gasteiger partial charge in [-0.2, -0.15) is 25.3 Å². The number of carboxylic acids is 2. The highest BCUT2D eigenvalue weighted by Crippen LogP contribution is 2.17. The molecule has 91 heavy (non-hydrogen) atoms. The van der Waals surface area contributed by atoms with E-state index in [9.17, 15) is 72.2 Å². The van der Waals surface area contributed by atoms with Crippen molar-refractivity contribution in [1.29, 1.82) is 0 Å². The van der Waals surface area contributed by atoms with Crippen LogP contribution in [0.5, 0.6) is 0 Å². The Morgan fingerprint density at radius 3 is 1.29 bits per heavy atom. The molecule has 518 valence electrons. The summed E-state index contributed by atoms with van der Waals surface area (Å²) in [5.41, 5.74) is 34.1. The van der Waals surface area contributed by atoms with E-state index in [1.807, 2.05) is 0 Å². The summed E-state index contributed by atoms with van der Waals surface area (Å²) in [6, 6.07) is -14.6. The zero-order valence-electron chi connectivity index (χ0n) is 53.1. The number of thiol groups is 2. The van der Waals surface area contributed by atoms with Crippen LogP contribution in [0.3, 0.4) is 0 Å². The topological polar surface area (TPSA) is 580 Å². The molecule has 0 aliphatic carbocycles. The number of hydrogen-bond donors (Lipinski definition) is 21. The largest absolute Gasteiger partial charge is 0.481 e. The molecule has 0 bridgehead atoms. The van der Waals surface area contributed by atoms with Gasteiger partial charge in [-0.25, -0.2) is 4.79 Å². The number of carboxylic acid groups (broad SMARTS) is 2. The number of amides is 12. The molecule has 36 heteroatoms. The van der Waals surface area contributed by atoms with Gasteiger partial charge >= 0.3 is 11.9 Å². The van der Waals surface area contributed by atoms with E-state index in [2.05, 4.69) is 88.7 Å². The molecule has 0 radical (unpaired) electrons. The summed E-state index contributed by atoms with van der Waals surface area (Å²) in [6.45, 7) is 12.1. The molecule has 0 aliphatic rings. The number of aliphatic imine (C=N–C) groups is 1. The second-order valence-corrected chi connectivity index (χ2v) is 25.0. The SMILES string of the molecule is CC(C)C[C@H](NC(=O)[C@H](CCCCN)NC(=O)[C@H](CCCCN)NC(=O)[C@@H](NC(=O)[C@H](CC(N)=O)NC(=O)[C@H](CCCN=C(N)N)NC(=O)[C@H](CC(C)C)NC(=O)[C@H](CC(=O)O)NC(=O)[C@@H](N)C(C)(C)S)C(C)C)C(=O)NCC(=O)NCC(=O)N[C@@H](CS)C(=O)O. The third kappa shape index (κ3) is 35.0. The highest BCUT2D eigenvalue weighted by molar-refractivity contribution is 7.81. The van der Waals surface area contributed by atoms with E-state index in [-0.39, 0.29) is 88.1 Å². The van der Waals surface area contributed by atoms with Crippen LogP contribution in [0.2, 0.25) is 0 Å². The average Bonchev–Trinajstić information content (AvgIpc) is 1.49. The van der Waals surface area contributed by atoms with E-state index in [0.29, 0.717) is 19.3 Å². The van der Waals surface area contributed by atoms with Gasteiger partial charge in [-0.15, -0.1) is 0 Å². The number of nitrogens with one attached hydrogen (secondary N) is 11. The Balaban J connectivity index is 6.89. The van der Waals surface area contributed by atoms with Gasteiger partial charge in [0.15, 0.2) is 5.96 Å². The zero-order chi connectivity index (χ0) is 69.9. The van der Waals surface area contributed by atoms with Crippen LogP contribution in [0.1, 0.15) is 132 Å². The van der Waals surface area contributed by atoms with E-state index in [1.54, 1.807) is 27.7 Å². The van der Waals surface area contributed by atoms with Crippen LogP contribution in [-0.2, 0) is 67.1 Å². The number of unbranched alkanes of at least 4 members (excludes halogenated alkanes) is 2. The fourth-order valence-electron chi connectivity index (χ4n) is 8.45. The number of primary amides is 1. The molecular formula is C55H100N18O16S2. The van der Waals surface area contributed by atoms with Crippen LogP contribution in [0, 0.1) is 17.8 Å². The van der Waals surface area contributed by atoms with Crippen molar-refractivity contribution in [3.05, 3.63) is 0 Å². The van der Waals surface area contributed by atoms with Crippen molar-refractivity contribution in [2.45, 2.75) is 198 Å². The van der Waals surface area contributed by atoms with E-state index in [1.165, 1.54) is 27.7 Å². The maximum absolute atomic E-state index is 14.3. The van der Waals surface area contributed by atoms with Crippen LogP contribution in [0.25, 0.3) is 0 Å². The van der Waals surface area contributed by atoms with Gasteiger partial charge in [0.25, 0.3) is 0 Å². The Bertz CT molecular complexity index is 2500. The number of carbonyl (C=O) groups is 14. The lowest BCUT2D eigenvalue weighted by Gasteiger charge is -2.29. The van der Waals surface area contributed by atoms with Crippen LogP contribution in [-0.4, -0.2) is 203 Å². The number of nitrogens with zero attached hydrogens (tertiary/aromatic N) is 1. The summed E-state index contributed by atoms with van der Waals surface area (Å²) in [4.78, 5) is 190. The van der Waals surface area contributed by atoms with Crippen LogP contribution >= 0.6 is 25.3 Å². The summed E-state index contributed by atoms with van der Waals surface area (Å²) in [5.74, 6) is -15.9. The molecular weight excluding hydrogens is 1230 g/mol. The van der Waals surface area contributed by atoms with Crippen LogP contribution in [0.4, 0.5) is 0 Å². The van der Waals surface area contributed by atoms with E-state index >= 15 is 0 Å². The number of rotatable bonds is 46.